The highest BCUT2D eigenvalue weighted by atomic mass is 16.5. The third-order valence-corrected chi connectivity index (χ3v) is 3.00. The van der Waals surface area contributed by atoms with E-state index in [9.17, 15) is 0 Å². The normalized spacial score (nSPS) is 10.5. The van der Waals surface area contributed by atoms with Crippen molar-refractivity contribution in [1.82, 2.24) is 4.98 Å². The number of hydrogen-bond acceptors (Lipinski definition) is 5. The van der Waals surface area contributed by atoms with E-state index in [0.717, 1.165) is 29.0 Å². The number of nitrogens with two attached hydrogens (primary N) is 1. The van der Waals surface area contributed by atoms with Crippen LogP contribution in [0.15, 0.2) is 16.5 Å². The minimum atomic E-state index is 0.170. The molecular formula is C14H18N2O3. The molecule has 0 aliphatic carbocycles. The Kier molecular flexibility index (Phi) is 3.64. The summed E-state index contributed by atoms with van der Waals surface area (Å²) in [5.74, 6) is 2.09. The molecule has 0 aliphatic heterocycles. The van der Waals surface area contributed by atoms with Gasteiger partial charge in [-0.2, -0.15) is 4.98 Å². The third-order valence-electron chi connectivity index (χ3n) is 3.00. The largest absolute Gasteiger partial charge is 0.497 e. The zero-order valence-corrected chi connectivity index (χ0v) is 11.6. The molecule has 0 amide bonds. The molecule has 1 aromatic heterocycles. The number of benzene rings is 1. The second-order valence-electron chi connectivity index (χ2n) is 4.20. The highest BCUT2D eigenvalue weighted by molar-refractivity contribution is 5.73. The maximum absolute atomic E-state index is 5.65. The highest BCUT2D eigenvalue weighted by Gasteiger charge is 2.19. The van der Waals surface area contributed by atoms with Crippen LogP contribution in [0.3, 0.4) is 0 Å². The first-order chi connectivity index (χ1) is 9.10. The van der Waals surface area contributed by atoms with Crippen molar-refractivity contribution >= 4 is 6.01 Å². The summed E-state index contributed by atoms with van der Waals surface area (Å²) in [6, 6.07) is 3.92. The topological polar surface area (TPSA) is 70.5 Å². The van der Waals surface area contributed by atoms with E-state index in [1.807, 2.05) is 26.0 Å². The van der Waals surface area contributed by atoms with Gasteiger partial charge >= 0.3 is 0 Å². The number of hydrogen-bond donors (Lipinski definition) is 1. The summed E-state index contributed by atoms with van der Waals surface area (Å²) in [4.78, 5) is 4.19. The summed E-state index contributed by atoms with van der Waals surface area (Å²) in [5, 5.41) is 0. The Morgan fingerprint density at radius 1 is 1.26 bits per heavy atom. The molecule has 0 radical (unpaired) electrons. The van der Waals surface area contributed by atoms with Gasteiger partial charge in [-0.3, -0.25) is 0 Å². The van der Waals surface area contributed by atoms with Crippen molar-refractivity contribution in [1.29, 1.82) is 0 Å². The lowest BCUT2D eigenvalue weighted by molar-refractivity contribution is 0.394. The van der Waals surface area contributed by atoms with E-state index in [1.165, 1.54) is 0 Å². The molecule has 0 bridgehead atoms. The molecule has 1 heterocycles. The zero-order valence-electron chi connectivity index (χ0n) is 11.6. The molecule has 0 aliphatic rings. The van der Waals surface area contributed by atoms with Gasteiger partial charge in [0.2, 0.25) is 0 Å². The molecule has 5 nitrogen and oxygen atoms in total. The van der Waals surface area contributed by atoms with E-state index in [-0.39, 0.29) is 6.01 Å². The van der Waals surface area contributed by atoms with Gasteiger partial charge in [0.05, 0.1) is 25.5 Å². The quantitative estimate of drug-likeness (QED) is 0.917. The number of aryl methyl sites for hydroxylation is 2. The molecule has 0 unspecified atom stereocenters. The van der Waals surface area contributed by atoms with Crippen LogP contribution in [0.25, 0.3) is 11.3 Å². The number of aromatic nitrogens is 1. The van der Waals surface area contributed by atoms with Gasteiger partial charge in [0.15, 0.2) is 5.76 Å². The smallest absolute Gasteiger partial charge is 0.292 e. The van der Waals surface area contributed by atoms with E-state index < -0.39 is 0 Å². The summed E-state index contributed by atoms with van der Waals surface area (Å²) in [6.07, 6.45) is 0.741. The minimum Gasteiger partial charge on any atom is -0.497 e. The van der Waals surface area contributed by atoms with Crippen LogP contribution in [0.4, 0.5) is 6.01 Å². The van der Waals surface area contributed by atoms with Crippen molar-refractivity contribution in [2.24, 2.45) is 0 Å². The van der Waals surface area contributed by atoms with Gasteiger partial charge in [0.1, 0.15) is 11.5 Å². The standard InChI is InChI=1S/C14H18N2O3/c1-5-10-13(19-14(15)16-10)12-8(2)6-9(17-3)7-11(12)18-4/h6-7H,5H2,1-4H3,(H2,15,16). The third kappa shape index (κ3) is 2.36. The van der Waals surface area contributed by atoms with Crippen LogP contribution in [0.5, 0.6) is 11.5 Å². The molecule has 2 aromatic rings. The lowest BCUT2D eigenvalue weighted by Crippen LogP contribution is -1.95. The first-order valence-corrected chi connectivity index (χ1v) is 6.08. The Hall–Kier alpha value is -2.17. The van der Waals surface area contributed by atoms with Crippen LogP contribution >= 0.6 is 0 Å². The van der Waals surface area contributed by atoms with E-state index in [2.05, 4.69) is 4.98 Å². The fraction of sp³-hybridized carbons (Fsp3) is 0.357. The van der Waals surface area contributed by atoms with Crippen LogP contribution in [-0.4, -0.2) is 19.2 Å². The Morgan fingerprint density at radius 3 is 2.58 bits per heavy atom. The molecular weight excluding hydrogens is 244 g/mol. The highest BCUT2D eigenvalue weighted by Crippen LogP contribution is 2.39. The van der Waals surface area contributed by atoms with Gasteiger partial charge in [-0.25, -0.2) is 0 Å². The van der Waals surface area contributed by atoms with Gasteiger partial charge in [-0.05, 0) is 25.0 Å². The second kappa shape index (κ2) is 5.22. The maximum atomic E-state index is 5.65. The maximum Gasteiger partial charge on any atom is 0.292 e. The molecule has 2 N–H and O–H groups in total. The molecule has 0 saturated carbocycles. The van der Waals surface area contributed by atoms with Gasteiger partial charge in [0, 0.05) is 6.07 Å². The predicted molar refractivity (Wildman–Crippen MR) is 73.6 cm³/mol. The molecule has 102 valence electrons. The first-order valence-electron chi connectivity index (χ1n) is 6.08. The fourth-order valence-electron chi connectivity index (χ4n) is 2.10. The molecule has 2 rings (SSSR count). The Labute approximate surface area is 112 Å². The molecule has 5 heteroatoms. The number of rotatable bonds is 4. The van der Waals surface area contributed by atoms with Gasteiger partial charge in [0.25, 0.3) is 6.01 Å². The summed E-state index contributed by atoms with van der Waals surface area (Å²) >= 11 is 0. The van der Waals surface area contributed by atoms with Crippen LogP contribution < -0.4 is 15.2 Å². The van der Waals surface area contributed by atoms with E-state index in [0.29, 0.717) is 11.5 Å². The Balaban J connectivity index is 2.66. The number of nitrogens with zero attached hydrogens (tertiary/aromatic N) is 1. The molecule has 0 atom stereocenters. The van der Waals surface area contributed by atoms with Crippen molar-refractivity contribution in [3.8, 4) is 22.8 Å². The van der Waals surface area contributed by atoms with E-state index >= 15 is 0 Å². The first kappa shape index (κ1) is 13.3. The lowest BCUT2D eigenvalue weighted by atomic mass is 10.0. The summed E-state index contributed by atoms with van der Waals surface area (Å²) in [6.45, 7) is 3.98. The van der Waals surface area contributed by atoms with Crippen LogP contribution in [0.1, 0.15) is 18.2 Å². The predicted octanol–water partition coefficient (Wildman–Crippen LogP) is 2.81. The van der Waals surface area contributed by atoms with Gasteiger partial charge in [-0.15, -0.1) is 0 Å². The van der Waals surface area contributed by atoms with Crippen LogP contribution in [-0.2, 0) is 6.42 Å². The fourth-order valence-corrected chi connectivity index (χ4v) is 2.10. The Bertz CT molecular complexity index is 591. The van der Waals surface area contributed by atoms with E-state index in [1.54, 1.807) is 14.2 Å². The minimum absolute atomic E-state index is 0.170. The molecule has 0 spiro atoms. The number of anilines is 1. The lowest BCUT2D eigenvalue weighted by Gasteiger charge is -2.12. The van der Waals surface area contributed by atoms with Crippen LogP contribution in [0, 0.1) is 6.92 Å². The van der Waals surface area contributed by atoms with Crippen LogP contribution in [0.2, 0.25) is 0 Å². The Morgan fingerprint density at radius 2 is 2.00 bits per heavy atom. The number of nitrogen functional groups attached to an aromatic ring is 1. The van der Waals surface area contributed by atoms with Crippen molar-refractivity contribution in [3.63, 3.8) is 0 Å². The number of ether oxygens (including phenoxy) is 2. The summed E-state index contributed by atoms with van der Waals surface area (Å²) in [7, 11) is 3.24. The monoisotopic (exact) mass is 262 g/mol. The summed E-state index contributed by atoms with van der Waals surface area (Å²) < 4.78 is 16.2. The van der Waals surface area contributed by atoms with Gasteiger partial charge < -0.3 is 19.6 Å². The second-order valence-corrected chi connectivity index (χ2v) is 4.20. The SMILES string of the molecule is CCc1nc(N)oc1-c1c(C)cc(OC)cc1OC. The van der Waals surface area contributed by atoms with Crippen molar-refractivity contribution in [2.75, 3.05) is 20.0 Å². The van der Waals surface area contributed by atoms with Crippen molar-refractivity contribution in [2.45, 2.75) is 20.3 Å². The number of oxazole rings is 1. The van der Waals surface area contributed by atoms with E-state index in [4.69, 9.17) is 19.6 Å². The van der Waals surface area contributed by atoms with Gasteiger partial charge in [-0.1, -0.05) is 6.92 Å². The number of methoxy groups -OCH3 is 2. The molecule has 1 aromatic carbocycles. The molecule has 19 heavy (non-hydrogen) atoms. The molecule has 0 saturated heterocycles. The summed E-state index contributed by atoms with van der Waals surface area (Å²) in [5.41, 5.74) is 8.32. The van der Waals surface area contributed by atoms with Crippen molar-refractivity contribution in [3.05, 3.63) is 23.4 Å². The zero-order chi connectivity index (χ0) is 14.0. The average molecular weight is 262 g/mol. The van der Waals surface area contributed by atoms with Crippen molar-refractivity contribution < 1.29 is 13.9 Å². The molecule has 0 fully saturated rings. The average Bonchev–Trinajstić information content (AvgIpc) is 2.78.